The van der Waals surface area contributed by atoms with Crippen LogP contribution in [0.2, 0.25) is 5.15 Å². The zero-order chi connectivity index (χ0) is 6.85. The van der Waals surface area contributed by atoms with Gasteiger partial charge >= 0.3 is 6.09 Å². The first kappa shape index (κ1) is 6.03. The maximum Gasteiger partial charge on any atom is 0.435 e. The molecule has 0 atom stereocenters. The van der Waals surface area contributed by atoms with Gasteiger partial charge in [-0.2, -0.15) is 0 Å². The summed E-state index contributed by atoms with van der Waals surface area (Å²) in [6.45, 7) is 0. The Balaban J connectivity index is 3.08. The standard InChI is InChI=1S/C3H2ClN3O2/c4-2-1-5-6-7(2)3(8)9/h1H,(H,8,9). The predicted molar refractivity (Wildman–Crippen MR) is 28.5 cm³/mol. The molecule has 1 rings (SSSR count). The van der Waals surface area contributed by atoms with Gasteiger partial charge in [-0.25, -0.2) is 4.79 Å². The normalized spacial score (nSPS) is 9.44. The van der Waals surface area contributed by atoms with E-state index in [4.69, 9.17) is 16.7 Å². The Labute approximate surface area is 54.9 Å². The van der Waals surface area contributed by atoms with E-state index < -0.39 is 6.09 Å². The zero-order valence-corrected chi connectivity index (χ0v) is 4.91. The predicted octanol–water partition coefficient (Wildman–Crippen LogP) is 0.458. The zero-order valence-electron chi connectivity index (χ0n) is 4.15. The van der Waals surface area contributed by atoms with Crippen molar-refractivity contribution in [3.05, 3.63) is 11.3 Å². The number of hydrogen-bond acceptors (Lipinski definition) is 3. The summed E-state index contributed by atoms with van der Waals surface area (Å²) in [5.74, 6) is 0. The highest BCUT2D eigenvalue weighted by Gasteiger charge is 2.05. The smallest absolute Gasteiger partial charge is 0.435 e. The van der Waals surface area contributed by atoms with Gasteiger partial charge in [0.15, 0.2) is 5.15 Å². The Hall–Kier alpha value is -1.10. The number of carboxylic acid groups (broad SMARTS) is 1. The lowest BCUT2D eigenvalue weighted by Crippen LogP contribution is -2.09. The van der Waals surface area contributed by atoms with Crippen LogP contribution >= 0.6 is 11.6 Å². The maximum atomic E-state index is 10.1. The van der Waals surface area contributed by atoms with Crippen LogP contribution in [0, 0.1) is 0 Å². The number of aromatic nitrogens is 3. The van der Waals surface area contributed by atoms with Crippen molar-refractivity contribution in [1.82, 2.24) is 15.0 Å². The van der Waals surface area contributed by atoms with E-state index in [0.29, 0.717) is 4.68 Å². The van der Waals surface area contributed by atoms with Gasteiger partial charge in [-0.05, 0) is 0 Å². The molecule has 6 heteroatoms. The Morgan fingerprint density at radius 2 is 2.56 bits per heavy atom. The molecule has 0 spiro atoms. The van der Waals surface area contributed by atoms with Crippen LogP contribution in [0.1, 0.15) is 0 Å². The van der Waals surface area contributed by atoms with Gasteiger partial charge in [0, 0.05) is 0 Å². The molecule has 1 aromatic heterocycles. The summed E-state index contributed by atoms with van der Waals surface area (Å²) in [5, 5.41) is 14.6. The average Bonchev–Trinajstić information content (AvgIpc) is 2.13. The molecule has 0 aliphatic carbocycles. The molecular formula is C3H2ClN3O2. The Morgan fingerprint density at radius 1 is 1.89 bits per heavy atom. The van der Waals surface area contributed by atoms with E-state index in [9.17, 15) is 4.79 Å². The maximum absolute atomic E-state index is 10.1. The summed E-state index contributed by atoms with van der Waals surface area (Å²) < 4.78 is 0.571. The first-order valence-corrected chi connectivity index (χ1v) is 2.39. The van der Waals surface area contributed by atoms with Crippen LogP contribution in [0.3, 0.4) is 0 Å². The number of halogens is 1. The molecular weight excluding hydrogens is 146 g/mol. The van der Waals surface area contributed by atoms with Gasteiger partial charge in [0.2, 0.25) is 0 Å². The summed E-state index contributed by atoms with van der Waals surface area (Å²) in [6, 6.07) is 0. The van der Waals surface area contributed by atoms with Gasteiger partial charge in [0.25, 0.3) is 0 Å². The number of nitrogens with zero attached hydrogens (tertiary/aromatic N) is 3. The van der Waals surface area contributed by atoms with Gasteiger partial charge in [-0.3, -0.25) is 0 Å². The first-order valence-electron chi connectivity index (χ1n) is 2.01. The molecule has 0 unspecified atom stereocenters. The van der Waals surface area contributed by atoms with Crippen molar-refractivity contribution in [3.63, 3.8) is 0 Å². The lowest BCUT2D eigenvalue weighted by atomic mass is 10.9. The number of carbonyl (C=O) groups is 1. The largest absolute Gasteiger partial charge is 0.463 e. The summed E-state index contributed by atoms with van der Waals surface area (Å²) in [6.07, 6.45) is -0.0899. The second kappa shape index (κ2) is 2.02. The molecule has 0 aromatic carbocycles. The van der Waals surface area contributed by atoms with Crippen LogP contribution in [-0.2, 0) is 0 Å². The van der Waals surface area contributed by atoms with Crippen molar-refractivity contribution in [3.8, 4) is 0 Å². The van der Waals surface area contributed by atoms with E-state index in [-0.39, 0.29) is 5.15 Å². The van der Waals surface area contributed by atoms with Crippen LogP contribution < -0.4 is 0 Å². The van der Waals surface area contributed by atoms with Gasteiger partial charge < -0.3 is 5.11 Å². The highest BCUT2D eigenvalue weighted by molar-refractivity contribution is 6.30. The van der Waals surface area contributed by atoms with Crippen LogP contribution in [-0.4, -0.2) is 26.2 Å². The van der Waals surface area contributed by atoms with E-state index >= 15 is 0 Å². The molecule has 0 radical (unpaired) electrons. The van der Waals surface area contributed by atoms with Crippen molar-refractivity contribution >= 4 is 17.7 Å². The molecule has 1 aromatic rings. The monoisotopic (exact) mass is 147 g/mol. The fourth-order valence-corrected chi connectivity index (χ4v) is 0.502. The first-order chi connectivity index (χ1) is 4.22. The summed E-state index contributed by atoms with van der Waals surface area (Å²) in [4.78, 5) is 10.1. The van der Waals surface area contributed by atoms with E-state index in [1.165, 1.54) is 0 Å². The quantitative estimate of drug-likeness (QED) is 0.579. The van der Waals surface area contributed by atoms with Gasteiger partial charge in [-0.1, -0.05) is 16.8 Å². The van der Waals surface area contributed by atoms with Crippen LogP contribution in [0.25, 0.3) is 0 Å². The average molecular weight is 148 g/mol. The molecule has 0 bridgehead atoms. The molecule has 0 amide bonds. The third-order valence-electron chi connectivity index (χ3n) is 0.689. The van der Waals surface area contributed by atoms with Gasteiger partial charge in [-0.15, -0.1) is 9.78 Å². The highest BCUT2D eigenvalue weighted by atomic mass is 35.5. The molecule has 1 heterocycles. The Kier molecular flexibility index (Phi) is 1.35. The molecule has 5 nitrogen and oxygen atoms in total. The topological polar surface area (TPSA) is 68.0 Å². The van der Waals surface area contributed by atoms with Crippen LogP contribution in [0.15, 0.2) is 6.20 Å². The van der Waals surface area contributed by atoms with Gasteiger partial charge in [0.1, 0.15) is 0 Å². The number of hydrogen-bond donors (Lipinski definition) is 1. The minimum Gasteiger partial charge on any atom is -0.463 e. The molecule has 0 aliphatic heterocycles. The van der Waals surface area contributed by atoms with E-state index in [1.807, 2.05) is 0 Å². The lowest BCUT2D eigenvalue weighted by molar-refractivity contribution is 0.192. The third-order valence-corrected chi connectivity index (χ3v) is 0.947. The minimum absolute atomic E-state index is 0.0116. The fraction of sp³-hybridized carbons (Fsp3) is 0. The SMILES string of the molecule is O=C(O)n1nncc1Cl. The summed E-state index contributed by atoms with van der Waals surface area (Å²) in [5.41, 5.74) is 0. The summed E-state index contributed by atoms with van der Waals surface area (Å²) in [7, 11) is 0. The second-order valence-electron chi connectivity index (χ2n) is 1.25. The highest BCUT2D eigenvalue weighted by Crippen LogP contribution is 2.01. The molecule has 0 fully saturated rings. The molecule has 0 saturated heterocycles. The van der Waals surface area contributed by atoms with Crippen molar-refractivity contribution in [2.75, 3.05) is 0 Å². The van der Waals surface area contributed by atoms with E-state index in [1.54, 1.807) is 0 Å². The molecule has 0 saturated carbocycles. The fourth-order valence-electron chi connectivity index (χ4n) is 0.352. The third kappa shape index (κ3) is 0.996. The van der Waals surface area contributed by atoms with Gasteiger partial charge in [0.05, 0.1) is 6.20 Å². The minimum atomic E-state index is -1.24. The molecule has 1 N–H and O–H groups in total. The molecule has 0 aliphatic rings. The van der Waals surface area contributed by atoms with Crippen molar-refractivity contribution in [2.24, 2.45) is 0 Å². The summed E-state index contributed by atoms with van der Waals surface area (Å²) >= 11 is 5.29. The van der Waals surface area contributed by atoms with E-state index in [2.05, 4.69) is 10.3 Å². The van der Waals surface area contributed by atoms with Crippen molar-refractivity contribution in [1.29, 1.82) is 0 Å². The van der Waals surface area contributed by atoms with Crippen molar-refractivity contribution < 1.29 is 9.90 Å². The van der Waals surface area contributed by atoms with Crippen molar-refractivity contribution in [2.45, 2.75) is 0 Å². The second-order valence-corrected chi connectivity index (χ2v) is 1.64. The molecule has 48 valence electrons. The van der Waals surface area contributed by atoms with Crippen LogP contribution in [0.4, 0.5) is 4.79 Å². The Morgan fingerprint density at radius 3 is 2.78 bits per heavy atom. The van der Waals surface area contributed by atoms with E-state index in [0.717, 1.165) is 6.20 Å². The Bertz CT molecular complexity index is 233. The number of rotatable bonds is 0. The lowest BCUT2D eigenvalue weighted by Gasteiger charge is -1.87. The molecule has 9 heavy (non-hydrogen) atoms. The van der Waals surface area contributed by atoms with Crippen LogP contribution in [0.5, 0.6) is 0 Å².